The first-order chi connectivity index (χ1) is 11.7. The van der Waals surface area contributed by atoms with E-state index in [4.69, 9.17) is 10.5 Å². The number of aromatic nitrogens is 2. The Labute approximate surface area is 145 Å². The number of anilines is 1. The van der Waals surface area contributed by atoms with Gasteiger partial charge in [-0.1, -0.05) is 0 Å². The van der Waals surface area contributed by atoms with Gasteiger partial charge in [-0.2, -0.15) is 0 Å². The van der Waals surface area contributed by atoms with Gasteiger partial charge in [-0.05, 0) is 61.4 Å². The molecule has 6 nitrogen and oxygen atoms in total. The van der Waals surface area contributed by atoms with Crippen LogP contribution in [-0.2, 0) is 9.53 Å². The minimum atomic E-state index is -0.412. The monoisotopic (exact) mass is 344 g/mol. The van der Waals surface area contributed by atoms with Gasteiger partial charge in [-0.3, -0.25) is 4.79 Å². The molecule has 0 radical (unpaired) electrons. The molecule has 3 rings (SSSR count). The van der Waals surface area contributed by atoms with Crippen LogP contribution in [0, 0.1) is 6.92 Å². The van der Waals surface area contributed by atoms with Crippen molar-refractivity contribution in [2.75, 3.05) is 11.9 Å². The van der Waals surface area contributed by atoms with E-state index in [9.17, 15) is 4.79 Å². The lowest BCUT2D eigenvalue weighted by atomic mass is 10.1. The molecule has 1 aliphatic rings. The second-order valence-electron chi connectivity index (χ2n) is 5.66. The van der Waals surface area contributed by atoms with Crippen molar-refractivity contribution in [2.45, 2.75) is 42.0 Å². The van der Waals surface area contributed by atoms with E-state index in [1.807, 2.05) is 25.1 Å². The summed E-state index contributed by atoms with van der Waals surface area (Å²) in [6.07, 6.45) is 4.56. The Morgan fingerprint density at radius 2 is 2.17 bits per heavy atom. The summed E-state index contributed by atoms with van der Waals surface area (Å²) < 4.78 is 5.63. The third kappa shape index (κ3) is 4.11. The number of nitrogens with one attached hydrogen (secondary N) is 1. The maximum Gasteiger partial charge on any atom is 0.253 e. The lowest BCUT2D eigenvalue weighted by molar-refractivity contribution is -0.126. The lowest BCUT2D eigenvalue weighted by Crippen LogP contribution is -2.30. The molecule has 0 spiro atoms. The van der Waals surface area contributed by atoms with Crippen LogP contribution in [0.25, 0.3) is 0 Å². The van der Waals surface area contributed by atoms with E-state index in [1.165, 1.54) is 11.8 Å². The Balaban J connectivity index is 1.63. The predicted octanol–water partition coefficient (Wildman–Crippen LogP) is 2.38. The van der Waals surface area contributed by atoms with E-state index in [0.717, 1.165) is 22.6 Å². The van der Waals surface area contributed by atoms with Crippen LogP contribution in [-0.4, -0.2) is 34.6 Å². The van der Waals surface area contributed by atoms with E-state index >= 15 is 0 Å². The summed E-state index contributed by atoms with van der Waals surface area (Å²) in [6, 6.07) is 7.64. The molecule has 0 saturated carbocycles. The van der Waals surface area contributed by atoms with Crippen molar-refractivity contribution in [1.29, 1.82) is 0 Å². The topological polar surface area (TPSA) is 90.1 Å². The largest absolute Gasteiger partial charge is 0.364 e. The van der Waals surface area contributed by atoms with E-state index in [1.54, 1.807) is 18.5 Å². The Hall–Kier alpha value is -1.96. The van der Waals surface area contributed by atoms with Crippen LogP contribution < -0.4 is 11.1 Å². The highest BCUT2D eigenvalue weighted by molar-refractivity contribution is 7.99. The van der Waals surface area contributed by atoms with Crippen molar-refractivity contribution in [3.8, 4) is 0 Å². The minimum absolute atomic E-state index is 0.00787. The van der Waals surface area contributed by atoms with Crippen molar-refractivity contribution in [2.24, 2.45) is 5.73 Å². The van der Waals surface area contributed by atoms with Crippen molar-refractivity contribution in [1.82, 2.24) is 9.97 Å². The van der Waals surface area contributed by atoms with Crippen LogP contribution in [0.3, 0.4) is 0 Å². The smallest absolute Gasteiger partial charge is 0.253 e. The first-order valence-electron chi connectivity index (χ1n) is 7.87. The Bertz CT molecular complexity index is 711. The van der Waals surface area contributed by atoms with Gasteiger partial charge in [0.2, 0.25) is 0 Å². The highest BCUT2D eigenvalue weighted by atomic mass is 32.2. The molecule has 2 aromatic rings. The zero-order valence-corrected chi connectivity index (χ0v) is 14.3. The van der Waals surface area contributed by atoms with Gasteiger partial charge < -0.3 is 15.8 Å². The predicted molar refractivity (Wildman–Crippen MR) is 92.9 cm³/mol. The van der Waals surface area contributed by atoms with Crippen molar-refractivity contribution < 1.29 is 9.53 Å². The van der Waals surface area contributed by atoms with Gasteiger partial charge in [0.1, 0.15) is 6.10 Å². The fourth-order valence-corrected chi connectivity index (χ4v) is 3.38. The number of carbonyl (C=O) groups excluding carboxylic acids is 1. The summed E-state index contributed by atoms with van der Waals surface area (Å²) in [5, 5.41) is 3.64. The van der Waals surface area contributed by atoms with Crippen LogP contribution in [0.15, 0.2) is 46.7 Å². The van der Waals surface area contributed by atoms with E-state index in [2.05, 4.69) is 15.3 Å². The molecule has 3 N–H and O–H groups in total. The van der Waals surface area contributed by atoms with Crippen molar-refractivity contribution in [3.63, 3.8) is 0 Å². The number of benzene rings is 1. The molecule has 0 unspecified atom stereocenters. The van der Waals surface area contributed by atoms with E-state index in [-0.39, 0.29) is 12.0 Å². The molecule has 0 bridgehead atoms. The maximum atomic E-state index is 12.3. The molecule has 126 valence electrons. The highest BCUT2D eigenvalue weighted by Crippen LogP contribution is 2.28. The molecule has 1 amide bonds. The summed E-state index contributed by atoms with van der Waals surface area (Å²) >= 11 is 1.48. The Kier molecular flexibility index (Phi) is 5.44. The molecule has 2 heterocycles. The third-order valence-electron chi connectivity index (χ3n) is 3.87. The van der Waals surface area contributed by atoms with Gasteiger partial charge in [0.05, 0.1) is 6.10 Å². The summed E-state index contributed by atoms with van der Waals surface area (Å²) in [5.74, 6) is -0.110. The van der Waals surface area contributed by atoms with Crippen LogP contribution in [0.4, 0.5) is 5.69 Å². The van der Waals surface area contributed by atoms with E-state index in [0.29, 0.717) is 18.1 Å². The summed E-state index contributed by atoms with van der Waals surface area (Å²) in [7, 11) is 0. The summed E-state index contributed by atoms with van der Waals surface area (Å²) in [5.41, 5.74) is 7.36. The second-order valence-corrected chi connectivity index (χ2v) is 6.70. The molecule has 1 fully saturated rings. The van der Waals surface area contributed by atoms with Gasteiger partial charge >= 0.3 is 0 Å². The van der Waals surface area contributed by atoms with Crippen LogP contribution in [0.1, 0.15) is 18.4 Å². The van der Waals surface area contributed by atoms with Crippen LogP contribution in [0.2, 0.25) is 0 Å². The average Bonchev–Trinajstić information content (AvgIpc) is 3.07. The Morgan fingerprint density at radius 1 is 1.38 bits per heavy atom. The van der Waals surface area contributed by atoms with E-state index < -0.39 is 6.10 Å². The van der Waals surface area contributed by atoms with Gasteiger partial charge in [0.15, 0.2) is 5.16 Å². The fraction of sp³-hybridized carbons (Fsp3) is 0.353. The number of nitrogens with zero attached hydrogens (tertiary/aromatic N) is 2. The second kappa shape index (κ2) is 7.74. The maximum absolute atomic E-state index is 12.3. The SMILES string of the molecule is Cc1cc(Sc2ncccn2)ccc1NC(=O)[C@@H]1CC[C@H](CN)O1. The number of ether oxygens (including phenoxy) is 1. The van der Waals surface area contributed by atoms with Gasteiger partial charge in [0, 0.05) is 29.5 Å². The normalized spacial score (nSPS) is 20.1. The number of rotatable bonds is 5. The molecular weight excluding hydrogens is 324 g/mol. The molecule has 2 atom stereocenters. The quantitative estimate of drug-likeness (QED) is 0.810. The third-order valence-corrected chi connectivity index (χ3v) is 4.75. The number of amides is 1. The van der Waals surface area contributed by atoms with Gasteiger partial charge in [0.25, 0.3) is 5.91 Å². The zero-order valence-electron chi connectivity index (χ0n) is 13.4. The molecule has 0 aliphatic carbocycles. The minimum Gasteiger partial charge on any atom is -0.364 e. The molecule has 24 heavy (non-hydrogen) atoms. The van der Waals surface area contributed by atoms with Gasteiger partial charge in [-0.15, -0.1) is 0 Å². The fourth-order valence-electron chi connectivity index (χ4n) is 2.57. The summed E-state index contributed by atoms with van der Waals surface area (Å²) in [6.45, 7) is 2.42. The Morgan fingerprint density at radius 3 is 2.83 bits per heavy atom. The molecule has 1 aliphatic heterocycles. The molecule has 1 aromatic heterocycles. The van der Waals surface area contributed by atoms with Gasteiger partial charge in [-0.25, -0.2) is 9.97 Å². The summed E-state index contributed by atoms with van der Waals surface area (Å²) in [4.78, 5) is 21.7. The number of hydrogen-bond acceptors (Lipinski definition) is 6. The molecular formula is C17H20N4O2S. The van der Waals surface area contributed by atoms with Crippen molar-refractivity contribution >= 4 is 23.4 Å². The lowest BCUT2D eigenvalue weighted by Gasteiger charge is -2.14. The standard InChI is InChI=1S/C17H20N4O2S/c1-11-9-13(24-17-19-7-2-8-20-17)4-5-14(11)21-16(22)15-6-3-12(10-18)23-15/h2,4-5,7-9,12,15H,3,6,10,18H2,1H3,(H,21,22)/t12-,15+/m1/s1. The highest BCUT2D eigenvalue weighted by Gasteiger charge is 2.30. The first-order valence-corrected chi connectivity index (χ1v) is 8.69. The number of nitrogens with two attached hydrogens (primary N) is 1. The molecule has 1 saturated heterocycles. The average molecular weight is 344 g/mol. The molecule has 1 aromatic carbocycles. The number of carbonyl (C=O) groups is 1. The molecule has 7 heteroatoms. The zero-order chi connectivity index (χ0) is 16.9. The number of hydrogen-bond donors (Lipinski definition) is 2. The van der Waals surface area contributed by atoms with Crippen molar-refractivity contribution in [3.05, 3.63) is 42.2 Å². The first kappa shape index (κ1) is 16.9. The van der Waals surface area contributed by atoms with Crippen LogP contribution in [0.5, 0.6) is 0 Å². The number of aryl methyl sites for hydroxylation is 1. The van der Waals surface area contributed by atoms with Crippen LogP contribution >= 0.6 is 11.8 Å².